The van der Waals surface area contributed by atoms with E-state index in [1.54, 1.807) is 6.07 Å². The van der Waals surface area contributed by atoms with Crippen LogP contribution >= 0.6 is 0 Å². The lowest BCUT2D eigenvalue weighted by molar-refractivity contribution is 0.463. The SMILES string of the molecule is CC(CCNC1CC1)CCc1ccc(F)cc1F. The van der Waals surface area contributed by atoms with Crippen molar-refractivity contribution in [3.63, 3.8) is 0 Å². The Bertz CT molecular complexity index is 388. The molecule has 1 nitrogen and oxygen atoms in total. The number of nitrogens with one attached hydrogen (secondary N) is 1. The minimum atomic E-state index is -0.502. The highest BCUT2D eigenvalue weighted by molar-refractivity contribution is 5.18. The molecule has 100 valence electrons. The van der Waals surface area contributed by atoms with Crippen LogP contribution in [0, 0.1) is 17.6 Å². The summed E-state index contributed by atoms with van der Waals surface area (Å²) in [6.45, 7) is 3.24. The zero-order valence-corrected chi connectivity index (χ0v) is 10.9. The van der Waals surface area contributed by atoms with Crippen LogP contribution in [0.2, 0.25) is 0 Å². The third-order valence-electron chi connectivity index (χ3n) is 3.57. The third-order valence-corrected chi connectivity index (χ3v) is 3.57. The van der Waals surface area contributed by atoms with E-state index in [0.29, 0.717) is 17.9 Å². The first-order valence-corrected chi connectivity index (χ1v) is 6.82. The number of benzene rings is 1. The molecule has 0 bridgehead atoms. The average molecular weight is 253 g/mol. The molecule has 0 aliphatic heterocycles. The molecule has 1 aromatic rings. The summed E-state index contributed by atoms with van der Waals surface area (Å²) in [6, 6.07) is 4.61. The maximum Gasteiger partial charge on any atom is 0.129 e. The average Bonchev–Trinajstić information content (AvgIpc) is 3.12. The van der Waals surface area contributed by atoms with Gasteiger partial charge >= 0.3 is 0 Å². The number of aryl methyl sites for hydroxylation is 1. The Morgan fingerprint density at radius 3 is 2.72 bits per heavy atom. The molecule has 0 spiro atoms. The van der Waals surface area contributed by atoms with Crippen LogP contribution in [0.4, 0.5) is 8.78 Å². The molecule has 1 aromatic carbocycles. The molecular weight excluding hydrogens is 232 g/mol. The Morgan fingerprint density at radius 1 is 1.28 bits per heavy atom. The minimum Gasteiger partial charge on any atom is -0.314 e. The molecule has 1 fully saturated rings. The van der Waals surface area contributed by atoms with Gasteiger partial charge in [0.1, 0.15) is 11.6 Å². The number of halogens is 2. The molecule has 1 atom stereocenters. The molecule has 1 aliphatic rings. The van der Waals surface area contributed by atoms with Crippen molar-refractivity contribution in [1.82, 2.24) is 5.32 Å². The van der Waals surface area contributed by atoms with Crippen molar-refractivity contribution >= 4 is 0 Å². The summed E-state index contributed by atoms with van der Waals surface area (Å²) in [5.74, 6) is -0.350. The zero-order chi connectivity index (χ0) is 13.0. The van der Waals surface area contributed by atoms with E-state index >= 15 is 0 Å². The van der Waals surface area contributed by atoms with E-state index in [9.17, 15) is 8.78 Å². The molecule has 0 radical (unpaired) electrons. The predicted molar refractivity (Wildman–Crippen MR) is 69.5 cm³/mol. The fraction of sp³-hybridized carbons (Fsp3) is 0.600. The van der Waals surface area contributed by atoms with Crippen LogP contribution in [0.3, 0.4) is 0 Å². The van der Waals surface area contributed by atoms with E-state index in [-0.39, 0.29) is 0 Å². The normalized spacial score (nSPS) is 16.8. The second-order valence-electron chi connectivity index (χ2n) is 5.40. The van der Waals surface area contributed by atoms with Crippen LogP contribution in [-0.2, 0) is 6.42 Å². The number of hydrogen-bond acceptors (Lipinski definition) is 1. The van der Waals surface area contributed by atoms with Crippen molar-refractivity contribution in [3.05, 3.63) is 35.4 Å². The van der Waals surface area contributed by atoms with Crippen molar-refractivity contribution < 1.29 is 8.78 Å². The highest BCUT2D eigenvalue weighted by Gasteiger charge is 2.19. The summed E-state index contributed by atoms with van der Waals surface area (Å²) in [7, 11) is 0. The van der Waals surface area contributed by atoms with Gasteiger partial charge < -0.3 is 5.32 Å². The summed E-state index contributed by atoms with van der Waals surface area (Å²) >= 11 is 0. The first-order chi connectivity index (χ1) is 8.65. The van der Waals surface area contributed by atoms with Crippen LogP contribution < -0.4 is 5.32 Å². The molecule has 1 aliphatic carbocycles. The molecule has 1 unspecified atom stereocenters. The van der Waals surface area contributed by atoms with Gasteiger partial charge in [0.15, 0.2) is 0 Å². The van der Waals surface area contributed by atoms with E-state index in [2.05, 4.69) is 12.2 Å². The van der Waals surface area contributed by atoms with Crippen LogP contribution in [0.25, 0.3) is 0 Å². The Labute approximate surface area is 108 Å². The maximum absolute atomic E-state index is 13.4. The van der Waals surface area contributed by atoms with E-state index < -0.39 is 11.6 Å². The second kappa shape index (κ2) is 6.28. The fourth-order valence-corrected chi connectivity index (χ4v) is 2.09. The molecule has 0 saturated heterocycles. The smallest absolute Gasteiger partial charge is 0.129 e. The van der Waals surface area contributed by atoms with Crippen molar-refractivity contribution in [3.8, 4) is 0 Å². The Morgan fingerprint density at radius 2 is 2.06 bits per heavy atom. The first kappa shape index (κ1) is 13.5. The summed E-state index contributed by atoms with van der Waals surface area (Å²) in [4.78, 5) is 0. The second-order valence-corrected chi connectivity index (χ2v) is 5.40. The van der Waals surface area contributed by atoms with Crippen molar-refractivity contribution in [1.29, 1.82) is 0 Å². The first-order valence-electron chi connectivity index (χ1n) is 6.82. The van der Waals surface area contributed by atoms with E-state index in [1.807, 2.05) is 0 Å². The Hall–Kier alpha value is -0.960. The predicted octanol–water partition coefficient (Wildman–Crippen LogP) is 3.68. The van der Waals surface area contributed by atoms with Gasteiger partial charge in [-0.25, -0.2) is 8.78 Å². The van der Waals surface area contributed by atoms with Gasteiger partial charge in [-0.1, -0.05) is 13.0 Å². The van der Waals surface area contributed by atoms with Gasteiger partial charge in [-0.05, 0) is 56.2 Å². The summed E-state index contributed by atoms with van der Waals surface area (Å²) < 4.78 is 26.2. The quantitative estimate of drug-likeness (QED) is 0.781. The van der Waals surface area contributed by atoms with Crippen LogP contribution in [0.15, 0.2) is 18.2 Å². The highest BCUT2D eigenvalue weighted by atomic mass is 19.1. The highest BCUT2D eigenvalue weighted by Crippen LogP contribution is 2.20. The summed E-state index contributed by atoms with van der Waals surface area (Å²) in [5.41, 5.74) is 0.624. The zero-order valence-electron chi connectivity index (χ0n) is 10.9. The van der Waals surface area contributed by atoms with Crippen molar-refractivity contribution in [2.24, 2.45) is 5.92 Å². The van der Waals surface area contributed by atoms with E-state index in [1.165, 1.54) is 18.9 Å². The lowest BCUT2D eigenvalue weighted by Gasteiger charge is -2.12. The largest absolute Gasteiger partial charge is 0.314 e. The Kier molecular flexibility index (Phi) is 4.70. The van der Waals surface area contributed by atoms with Gasteiger partial charge in [-0.15, -0.1) is 0 Å². The molecule has 18 heavy (non-hydrogen) atoms. The monoisotopic (exact) mass is 253 g/mol. The van der Waals surface area contributed by atoms with E-state index in [4.69, 9.17) is 0 Å². The van der Waals surface area contributed by atoms with Gasteiger partial charge in [-0.3, -0.25) is 0 Å². The van der Waals surface area contributed by atoms with Crippen molar-refractivity contribution in [2.75, 3.05) is 6.54 Å². The van der Waals surface area contributed by atoms with Gasteiger partial charge in [0.2, 0.25) is 0 Å². The minimum absolute atomic E-state index is 0.418. The topological polar surface area (TPSA) is 12.0 Å². The molecular formula is C15H21F2N. The van der Waals surface area contributed by atoms with Crippen molar-refractivity contribution in [2.45, 2.75) is 45.1 Å². The summed E-state index contributed by atoms with van der Waals surface area (Å²) in [6.07, 6.45) is 5.40. The molecule has 1 N–H and O–H groups in total. The van der Waals surface area contributed by atoms with E-state index in [0.717, 1.165) is 31.5 Å². The van der Waals surface area contributed by atoms with Gasteiger partial charge in [0.05, 0.1) is 0 Å². The summed E-state index contributed by atoms with van der Waals surface area (Å²) in [5, 5.41) is 3.48. The van der Waals surface area contributed by atoms with Crippen LogP contribution in [0.1, 0.15) is 38.2 Å². The molecule has 1 saturated carbocycles. The van der Waals surface area contributed by atoms with Crippen LogP contribution in [0.5, 0.6) is 0 Å². The number of rotatable bonds is 7. The van der Waals surface area contributed by atoms with Gasteiger partial charge in [-0.2, -0.15) is 0 Å². The maximum atomic E-state index is 13.4. The number of hydrogen-bond donors (Lipinski definition) is 1. The molecule has 3 heteroatoms. The van der Waals surface area contributed by atoms with Gasteiger partial charge in [0.25, 0.3) is 0 Å². The molecule has 0 heterocycles. The lowest BCUT2D eigenvalue weighted by atomic mass is 9.98. The van der Waals surface area contributed by atoms with Crippen LogP contribution in [-0.4, -0.2) is 12.6 Å². The molecule has 0 aromatic heterocycles. The standard InChI is InChI=1S/C15H21F2N/c1-11(8-9-18-14-6-7-14)2-3-12-4-5-13(16)10-15(12)17/h4-5,10-11,14,18H,2-3,6-9H2,1H3. The Balaban J connectivity index is 1.68. The fourth-order valence-electron chi connectivity index (χ4n) is 2.09. The molecule has 0 amide bonds. The molecule has 2 rings (SSSR count). The third kappa shape index (κ3) is 4.37. The lowest BCUT2D eigenvalue weighted by Crippen LogP contribution is -2.19. The van der Waals surface area contributed by atoms with Gasteiger partial charge in [0, 0.05) is 12.1 Å².